The molecule has 4 fully saturated rings. The second-order valence-corrected chi connectivity index (χ2v) is 19.1. The van der Waals surface area contributed by atoms with Crippen molar-refractivity contribution in [2.24, 2.45) is 56.7 Å². The normalized spacial score (nSPS) is 39.1. The number of ether oxygens (including phenoxy) is 3. The number of aromatic nitrogens is 3. The zero-order valence-corrected chi connectivity index (χ0v) is 33.7. The molecule has 3 saturated carbocycles. The number of pyridine rings is 1. The molecule has 3 aromatic rings. The van der Waals surface area contributed by atoms with Gasteiger partial charge in [0.25, 0.3) is 0 Å². The van der Waals surface area contributed by atoms with Crippen molar-refractivity contribution in [2.45, 2.75) is 106 Å². The Morgan fingerprint density at radius 1 is 0.963 bits per heavy atom. The van der Waals surface area contributed by atoms with Crippen LogP contribution in [0.25, 0.3) is 11.3 Å². The quantitative estimate of drug-likeness (QED) is 0.182. The number of aliphatic hydroxyl groups is 1. The second kappa shape index (κ2) is 13.3. The number of allylic oxidation sites excluding steroid dienone is 1. The molecule has 1 unspecified atom stereocenters. The standard InChI is InChI=1S/C46H61N3O5/c1-29(2)30(3)42(4)20-21-44(6)34-13-14-38-43(5)27-53-28-46(38,25-37(40(43)50)49-36(18-24-48-49)32-16-22-47-23-17-32)35(34)15-19-45(44,7)39(42)41(51)54-26-31-9-11-33(52-8)12-10-31/h9-12,15-18,22-24,29-30,34,37-40,50H,13-14,19-21,25-28H2,1-8H3/t30-,34+,37-,38+,39-,40+,42-,43?,44-,45+,46+/m1/s1. The van der Waals surface area contributed by atoms with Gasteiger partial charge in [0.05, 0.1) is 44.1 Å². The van der Waals surface area contributed by atoms with Crippen molar-refractivity contribution in [2.75, 3.05) is 20.3 Å². The smallest absolute Gasteiger partial charge is 0.310 e. The lowest BCUT2D eigenvalue weighted by Crippen LogP contribution is -2.68. The van der Waals surface area contributed by atoms with E-state index in [1.165, 1.54) is 5.57 Å². The summed E-state index contributed by atoms with van der Waals surface area (Å²) in [5, 5.41) is 17.3. The van der Waals surface area contributed by atoms with E-state index < -0.39 is 11.5 Å². The van der Waals surface area contributed by atoms with Crippen molar-refractivity contribution in [3.63, 3.8) is 0 Å². The molecule has 4 aliphatic carbocycles. The van der Waals surface area contributed by atoms with Gasteiger partial charge in [0.1, 0.15) is 12.4 Å². The maximum Gasteiger partial charge on any atom is 0.310 e. The Morgan fingerprint density at radius 3 is 2.41 bits per heavy atom. The third kappa shape index (κ3) is 5.32. The van der Waals surface area contributed by atoms with Gasteiger partial charge in [-0.2, -0.15) is 5.10 Å². The molecule has 54 heavy (non-hydrogen) atoms. The Bertz CT molecular complexity index is 1890. The number of aliphatic hydroxyl groups excluding tert-OH is 1. The zero-order valence-electron chi connectivity index (χ0n) is 33.7. The average Bonchev–Trinajstić information content (AvgIpc) is 3.66. The van der Waals surface area contributed by atoms with Crippen molar-refractivity contribution in [3.05, 3.63) is 78.3 Å². The number of carbonyl (C=O) groups is 1. The Morgan fingerprint density at radius 2 is 1.70 bits per heavy atom. The number of esters is 1. The minimum absolute atomic E-state index is 0.0605. The van der Waals surface area contributed by atoms with Gasteiger partial charge in [-0.1, -0.05) is 72.2 Å². The molecule has 1 saturated heterocycles. The number of nitrogens with zero attached hydrogens (tertiary/aromatic N) is 3. The highest BCUT2D eigenvalue weighted by molar-refractivity contribution is 5.75. The summed E-state index contributed by atoms with van der Waals surface area (Å²) in [6.07, 6.45) is 13.2. The minimum Gasteiger partial charge on any atom is -0.497 e. The van der Waals surface area contributed by atoms with Crippen molar-refractivity contribution in [1.29, 1.82) is 0 Å². The van der Waals surface area contributed by atoms with E-state index in [1.54, 1.807) is 7.11 Å². The van der Waals surface area contributed by atoms with Crippen molar-refractivity contribution >= 4 is 5.97 Å². The highest BCUT2D eigenvalue weighted by atomic mass is 16.5. The van der Waals surface area contributed by atoms with Crippen LogP contribution in [0.2, 0.25) is 0 Å². The summed E-state index contributed by atoms with van der Waals surface area (Å²) in [5.41, 5.74) is 3.27. The molecule has 5 aliphatic rings. The highest BCUT2D eigenvalue weighted by Crippen LogP contribution is 2.75. The van der Waals surface area contributed by atoms with Gasteiger partial charge in [0.15, 0.2) is 0 Å². The van der Waals surface area contributed by atoms with Gasteiger partial charge in [0, 0.05) is 35.0 Å². The van der Waals surface area contributed by atoms with Gasteiger partial charge in [-0.3, -0.25) is 14.5 Å². The van der Waals surface area contributed by atoms with Crippen LogP contribution in [-0.4, -0.2) is 52.3 Å². The molecule has 1 N–H and O–H groups in total. The van der Waals surface area contributed by atoms with Crippen LogP contribution in [-0.2, 0) is 20.9 Å². The van der Waals surface area contributed by atoms with E-state index in [1.807, 2.05) is 55.0 Å². The van der Waals surface area contributed by atoms with E-state index in [4.69, 9.17) is 19.3 Å². The van der Waals surface area contributed by atoms with Gasteiger partial charge in [0.2, 0.25) is 0 Å². The van der Waals surface area contributed by atoms with Gasteiger partial charge >= 0.3 is 5.97 Å². The first kappa shape index (κ1) is 37.4. The van der Waals surface area contributed by atoms with E-state index in [0.29, 0.717) is 36.9 Å². The first-order valence-electron chi connectivity index (χ1n) is 20.4. The first-order valence-corrected chi connectivity index (χ1v) is 20.4. The fraction of sp³-hybridized carbons (Fsp3) is 0.630. The van der Waals surface area contributed by atoms with Crippen LogP contribution in [0.4, 0.5) is 0 Å². The summed E-state index contributed by atoms with van der Waals surface area (Å²) >= 11 is 0. The topological polar surface area (TPSA) is 95.7 Å². The van der Waals surface area contributed by atoms with E-state index >= 15 is 0 Å². The summed E-state index contributed by atoms with van der Waals surface area (Å²) in [6.45, 7) is 18.0. The fourth-order valence-corrected chi connectivity index (χ4v) is 13.1. The van der Waals surface area contributed by atoms with Crippen LogP contribution >= 0.6 is 0 Å². The molecule has 3 heterocycles. The zero-order chi connectivity index (χ0) is 38.3. The summed E-state index contributed by atoms with van der Waals surface area (Å²) in [5.74, 6) is 1.87. The van der Waals surface area contributed by atoms with Crippen molar-refractivity contribution in [3.8, 4) is 17.0 Å². The largest absolute Gasteiger partial charge is 0.497 e. The van der Waals surface area contributed by atoms with Crippen LogP contribution < -0.4 is 4.74 Å². The molecule has 2 bridgehead atoms. The maximum absolute atomic E-state index is 14.9. The Balaban J connectivity index is 1.19. The second-order valence-electron chi connectivity index (χ2n) is 19.1. The number of hydrogen-bond donors (Lipinski definition) is 1. The summed E-state index contributed by atoms with van der Waals surface area (Å²) in [6, 6.07) is 13.7. The number of carbonyl (C=O) groups excluding carboxylic acids is 1. The Hall–Kier alpha value is -3.49. The number of rotatable bonds is 8. The van der Waals surface area contributed by atoms with Gasteiger partial charge in [-0.15, -0.1) is 0 Å². The molecule has 8 heteroatoms. The van der Waals surface area contributed by atoms with Crippen LogP contribution in [0.15, 0.2) is 72.7 Å². The highest BCUT2D eigenvalue weighted by Gasteiger charge is 2.71. The average molecular weight is 736 g/mol. The molecule has 1 aliphatic heterocycles. The van der Waals surface area contributed by atoms with E-state index in [2.05, 4.69) is 70.3 Å². The number of benzene rings is 1. The summed E-state index contributed by atoms with van der Waals surface area (Å²) in [4.78, 5) is 19.1. The monoisotopic (exact) mass is 735 g/mol. The molecular weight excluding hydrogens is 675 g/mol. The fourth-order valence-electron chi connectivity index (χ4n) is 13.1. The number of hydrogen-bond acceptors (Lipinski definition) is 7. The Labute approximate surface area is 322 Å². The summed E-state index contributed by atoms with van der Waals surface area (Å²) in [7, 11) is 1.66. The predicted molar refractivity (Wildman–Crippen MR) is 209 cm³/mol. The van der Waals surface area contributed by atoms with Gasteiger partial charge in [-0.05, 0) is 114 Å². The van der Waals surface area contributed by atoms with Crippen molar-refractivity contribution in [1.82, 2.24) is 14.8 Å². The van der Waals surface area contributed by atoms with E-state index in [0.717, 1.165) is 61.1 Å². The van der Waals surface area contributed by atoms with Crippen LogP contribution in [0.1, 0.15) is 98.6 Å². The van der Waals surface area contributed by atoms with Gasteiger partial charge < -0.3 is 19.3 Å². The molecule has 2 aromatic heterocycles. The lowest BCUT2D eigenvalue weighted by molar-refractivity contribution is -0.241. The molecule has 0 spiro atoms. The number of fused-ring (bicyclic) bond motifs is 3. The molecule has 1 aromatic carbocycles. The first-order chi connectivity index (χ1) is 25.7. The van der Waals surface area contributed by atoms with Crippen LogP contribution in [0, 0.1) is 56.7 Å². The van der Waals surface area contributed by atoms with Gasteiger partial charge in [-0.25, -0.2) is 0 Å². The maximum atomic E-state index is 14.9. The molecule has 8 nitrogen and oxygen atoms in total. The van der Waals surface area contributed by atoms with Crippen molar-refractivity contribution < 1.29 is 24.1 Å². The lowest BCUT2D eigenvalue weighted by Gasteiger charge is -2.71. The SMILES string of the molecule is COc1ccc(COC(=O)[C@@H]2[C@@](C)([C@H](C)C(C)C)CC[C@]3(C)[C@H]4CC[C@H]5C6(C)COC[C@@]5(C[C@@H](n5nccc5-c5ccncc5)[C@@H]6O)C4=CC[C@@]23C)cc1. The molecular formula is C46H61N3O5. The van der Waals surface area contributed by atoms with E-state index in [9.17, 15) is 9.90 Å². The molecule has 0 amide bonds. The molecule has 11 atom stereocenters. The van der Waals surface area contributed by atoms with E-state index in [-0.39, 0.29) is 46.2 Å². The minimum atomic E-state index is -0.601. The Kier molecular flexibility index (Phi) is 9.24. The third-order valence-corrected chi connectivity index (χ3v) is 16.6. The summed E-state index contributed by atoms with van der Waals surface area (Å²) < 4.78 is 20.5. The third-order valence-electron chi connectivity index (χ3n) is 16.6. The van der Waals surface area contributed by atoms with Crippen LogP contribution in [0.5, 0.6) is 5.75 Å². The molecule has 290 valence electrons. The predicted octanol–water partition coefficient (Wildman–Crippen LogP) is 9.10. The molecule has 0 radical (unpaired) electrons. The van der Waals surface area contributed by atoms with Crippen LogP contribution in [0.3, 0.4) is 0 Å². The lowest BCUT2D eigenvalue weighted by atomic mass is 9.34. The molecule has 8 rings (SSSR count). The number of methoxy groups -OCH3 is 1.